The van der Waals surface area contributed by atoms with Crippen molar-refractivity contribution >= 4 is 45.6 Å². The summed E-state index contributed by atoms with van der Waals surface area (Å²) in [4.78, 5) is 64.3. The fourth-order valence-electron chi connectivity index (χ4n) is 8.34. The predicted octanol–water partition coefficient (Wildman–Crippen LogP) is 3.60. The number of hydrogen-bond donors (Lipinski definition) is 5. The molecule has 0 saturated carbocycles. The van der Waals surface area contributed by atoms with Crippen molar-refractivity contribution in [1.82, 2.24) is 45.6 Å². The first kappa shape index (κ1) is 42.6. The number of benzene rings is 2. The van der Waals surface area contributed by atoms with Crippen molar-refractivity contribution in [3.05, 3.63) is 53.6 Å². The minimum absolute atomic E-state index is 0.00384. The van der Waals surface area contributed by atoms with Crippen LogP contribution in [0.4, 0.5) is 17.6 Å². The first-order valence-corrected chi connectivity index (χ1v) is 19.8. The van der Waals surface area contributed by atoms with Crippen molar-refractivity contribution in [3.8, 4) is 11.5 Å². The number of imidazole rings is 1. The first-order valence-electron chi connectivity index (χ1n) is 19.8. The molecule has 2 aliphatic heterocycles. The van der Waals surface area contributed by atoms with E-state index in [1.54, 1.807) is 58.5 Å². The van der Waals surface area contributed by atoms with E-state index < -0.39 is 60.0 Å². The third kappa shape index (κ3) is 8.99. The lowest BCUT2D eigenvalue weighted by Gasteiger charge is -2.31. The van der Waals surface area contributed by atoms with Crippen molar-refractivity contribution in [2.45, 2.75) is 90.0 Å². The van der Waals surface area contributed by atoms with Gasteiger partial charge in [-0.15, -0.1) is 0 Å². The number of likely N-dealkylation sites (N-methyl/N-ethyl adjacent to an activating group) is 2. The minimum Gasteiger partial charge on any atom is -0.352 e. The highest BCUT2D eigenvalue weighted by molar-refractivity contribution is 5.93. The maximum Gasteiger partial charge on any atom is 0.245 e. The standard InChI is InChI=1S/C41H53F4N9O4/c1-21(2)36(50-34(55)16-46-5)40(57)52-18-25(44)11-27(52)15-30-29-9-7-23(42)13-31(29)48-38(30)39-49-32-14-24(43)8-10-33(32)54(39)20-28-12-26(45)19-53(28)41(58)37(22(3)4)51-35(56)17-47-6/h7-10,13-14,21-22,25-28,36-37,46-48H,11-12,15-20H2,1-6H3,(H,50,55)(H,51,56). The van der Waals surface area contributed by atoms with Crippen LogP contribution in [0.2, 0.25) is 0 Å². The molecule has 4 amide bonds. The van der Waals surface area contributed by atoms with Gasteiger partial charge in [-0.25, -0.2) is 22.5 Å². The molecule has 6 unspecified atom stereocenters. The van der Waals surface area contributed by atoms with E-state index >= 15 is 8.78 Å². The fourth-order valence-corrected chi connectivity index (χ4v) is 8.34. The van der Waals surface area contributed by atoms with E-state index in [1.807, 2.05) is 0 Å². The van der Waals surface area contributed by atoms with Crippen LogP contribution in [-0.4, -0.2) is 125 Å². The van der Waals surface area contributed by atoms with E-state index in [-0.39, 0.29) is 87.0 Å². The Morgan fingerprint density at radius 3 is 1.90 bits per heavy atom. The lowest BCUT2D eigenvalue weighted by Crippen LogP contribution is -2.54. The van der Waals surface area contributed by atoms with Crippen molar-refractivity contribution in [2.75, 3.05) is 40.3 Å². The SMILES string of the molecule is CNCC(=O)NC(C(=O)N1CC(F)CC1Cc1c(-c2nc3cc(F)ccc3n2CC2CC(F)CN2C(=O)C(NC(=O)CNC)C(C)C)[nH]c2cc(F)ccc12)C(C)C. The molecule has 4 aromatic rings. The van der Waals surface area contributed by atoms with Gasteiger partial charge in [-0.05, 0) is 68.2 Å². The molecule has 5 N–H and O–H groups in total. The third-order valence-corrected chi connectivity index (χ3v) is 11.1. The Balaban J connectivity index is 1.42. The van der Waals surface area contributed by atoms with Gasteiger partial charge < -0.3 is 40.6 Å². The number of nitrogens with zero attached hydrogens (tertiary/aromatic N) is 4. The quantitative estimate of drug-likeness (QED) is 0.115. The van der Waals surface area contributed by atoms with E-state index in [9.17, 15) is 28.0 Å². The summed E-state index contributed by atoms with van der Waals surface area (Å²) < 4.78 is 62.0. The fraction of sp³-hybridized carbons (Fsp3) is 0.537. The second-order valence-electron chi connectivity index (χ2n) is 16.1. The molecule has 6 atom stereocenters. The molecule has 0 bridgehead atoms. The number of aromatic amines is 1. The Labute approximate surface area is 334 Å². The molecule has 13 nitrogen and oxygen atoms in total. The number of alkyl halides is 2. The highest BCUT2D eigenvalue weighted by Gasteiger charge is 2.42. The van der Waals surface area contributed by atoms with Gasteiger partial charge in [0.25, 0.3) is 0 Å². The summed E-state index contributed by atoms with van der Waals surface area (Å²) in [5, 5.41) is 11.7. The summed E-state index contributed by atoms with van der Waals surface area (Å²) in [6.07, 6.45) is -2.58. The molecular weight excluding hydrogens is 759 g/mol. The minimum atomic E-state index is -1.35. The largest absolute Gasteiger partial charge is 0.352 e. The third-order valence-electron chi connectivity index (χ3n) is 11.1. The van der Waals surface area contributed by atoms with E-state index in [1.165, 1.54) is 34.1 Å². The molecular formula is C41H53F4N9O4. The van der Waals surface area contributed by atoms with Crippen LogP contribution < -0.4 is 21.3 Å². The topological polar surface area (TPSA) is 156 Å². The number of hydrogen-bond acceptors (Lipinski definition) is 7. The van der Waals surface area contributed by atoms with Crippen LogP contribution in [0.25, 0.3) is 33.5 Å². The average Bonchev–Trinajstić information content (AvgIpc) is 3.91. The van der Waals surface area contributed by atoms with Crippen LogP contribution in [-0.2, 0) is 32.1 Å². The van der Waals surface area contributed by atoms with Crippen LogP contribution >= 0.6 is 0 Å². The highest BCUT2D eigenvalue weighted by Crippen LogP contribution is 2.37. The maximum absolute atomic E-state index is 15.4. The lowest BCUT2D eigenvalue weighted by atomic mass is 9.98. The molecule has 314 valence electrons. The molecule has 17 heteroatoms. The van der Waals surface area contributed by atoms with Gasteiger partial charge in [-0.2, -0.15) is 0 Å². The number of fused-ring (bicyclic) bond motifs is 2. The first-order chi connectivity index (χ1) is 27.6. The number of carbonyl (C=O) groups is 4. The molecule has 58 heavy (non-hydrogen) atoms. The average molecular weight is 812 g/mol. The Morgan fingerprint density at radius 1 is 0.793 bits per heavy atom. The molecule has 4 heterocycles. The van der Waals surface area contributed by atoms with E-state index in [0.717, 1.165) is 0 Å². The molecule has 2 aromatic heterocycles. The predicted molar refractivity (Wildman–Crippen MR) is 212 cm³/mol. The smallest absolute Gasteiger partial charge is 0.245 e. The normalized spacial score (nSPS) is 20.8. The number of rotatable bonds is 15. The molecule has 2 aliphatic rings. The summed E-state index contributed by atoms with van der Waals surface area (Å²) in [5.74, 6) is -2.99. The molecule has 0 aliphatic carbocycles. The zero-order valence-electron chi connectivity index (χ0n) is 33.7. The van der Waals surface area contributed by atoms with Crippen molar-refractivity contribution in [2.24, 2.45) is 11.8 Å². The number of likely N-dealkylation sites (tertiary alicyclic amines) is 2. The van der Waals surface area contributed by atoms with Gasteiger partial charge in [-0.1, -0.05) is 27.7 Å². The summed E-state index contributed by atoms with van der Waals surface area (Å²) in [6.45, 7) is 6.84. The maximum atomic E-state index is 15.4. The van der Waals surface area contributed by atoms with Gasteiger partial charge >= 0.3 is 0 Å². The summed E-state index contributed by atoms with van der Waals surface area (Å²) in [6, 6.07) is 5.11. The Kier molecular flexibility index (Phi) is 13.1. The van der Waals surface area contributed by atoms with Crippen LogP contribution in [0.3, 0.4) is 0 Å². The zero-order chi connectivity index (χ0) is 42.0. The number of H-pyrrole nitrogens is 1. The van der Waals surface area contributed by atoms with Gasteiger partial charge in [0.2, 0.25) is 23.6 Å². The molecule has 2 saturated heterocycles. The van der Waals surface area contributed by atoms with E-state index in [2.05, 4.69) is 26.3 Å². The lowest BCUT2D eigenvalue weighted by molar-refractivity contribution is -0.138. The van der Waals surface area contributed by atoms with Crippen molar-refractivity contribution in [3.63, 3.8) is 0 Å². The number of aromatic nitrogens is 3. The highest BCUT2D eigenvalue weighted by atomic mass is 19.1. The van der Waals surface area contributed by atoms with E-state index in [0.29, 0.717) is 27.7 Å². The molecule has 0 radical (unpaired) electrons. The second-order valence-corrected chi connectivity index (χ2v) is 16.1. The van der Waals surface area contributed by atoms with Crippen molar-refractivity contribution < 1.29 is 36.7 Å². The molecule has 6 rings (SSSR count). The zero-order valence-corrected chi connectivity index (χ0v) is 33.7. The summed E-state index contributed by atoms with van der Waals surface area (Å²) in [5.41, 5.74) is 2.17. The summed E-state index contributed by atoms with van der Waals surface area (Å²) in [7, 11) is 3.23. The number of carbonyl (C=O) groups excluding carboxylic acids is 4. The number of amides is 4. The van der Waals surface area contributed by atoms with Crippen LogP contribution in [0.5, 0.6) is 0 Å². The number of nitrogens with one attached hydrogen (secondary N) is 5. The van der Waals surface area contributed by atoms with Crippen molar-refractivity contribution in [1.29, 1.82) is 0 Å². The summed E-state index contributed by atoms with van der Waals surface area (Å²) >= 11 is 0. The Morgan fingerprint density at radius 2 is 1.33 bits per heavy atom. The van der Waals surface area contributed by atoms with Crippen LogP contribution in [0.15, 0.2) is 36.4 Å². The monoisotopic (exact) mass is 811 g/mol. The van der Waals surface area contributed by atoms with Gasteiger partial charge in [0.1, 0.15) is 36.1 Å². The molecule has 2 aromatic carbocycles. The Bertz CT molecular complexity index is 2010. The molecule has 0 spiro atoms. The van der Waals surface area contributed by atoms with Gasteiger partial charge in [0.05, 0.1) is 48.9 Å². The van der Waals surface area contributed by atoms with E-state index in [4.69, 9.17) is 4.98 Å². The van der Waals surface area contributed by atoms with Crippen LogP contribution in [0.1, 0.15) is 46.1 Å². The van der Waals surface area contributed by atoms with Gasteiger partial charge in [0.15, 0.2) is 5.82 Å². The van der Waals surface area contributed by atoms with Gasteiger partial charge in [0, 0.05) is 42.4 Å². The second kappa shape index (κ2) is 17.9. The number of halogens is 4. The molecule has 2 fully saturated rings. The van der Waals surface area contributed by atoms with Crippen LogP contribution in [0, 0.1) is 23.5 Å². The Hall–Kier alpha value is -5.03. The van der Waals surface area contributed by atoms with Gasteiger partial charge in [-0.3, -0.25) is 19.2 Å².